The Hall–Kier alpha value is -1.69. The molecule has 0 heterocycles. The van der Waals surface area contributed by atoms with Gasteiger partial charge in [-0.1, -0.05) is 19.1 Å². The van der Waals surface area contributed by atoms with Gasteiger partial charge >= 0.3 is 0 Å². The van der Waals surface area contributed by atoms with Crippen molar-refractivity contribution in [3.63, 3.8) is 0 Å². The number of alkyl halides is 2. The summed E-state index contributed by atoms with van der Waals surface area (Å²) in [6.07, 6.45) is -2.50. The summed E-state index contributed by atoms with van der Waals surface area (Å²) in [6, 6.07) is 6.76. The van der Waals surface area contributed by atoms with E-state index in [1.54, 1.807) is 31.3 Å². The molecule has 4 nitrogen and oxygen atoms in total. The smallest absolute Gasteiger partial charge is 0.272 e. The van der Waals surface area contributed by atoms with E-state index in [4.69, 9.17) is 4.74 Å². The molecule has 1 unspecified atom stereocenters. The van der Waals surface area contributed by atoms with Crippen LogP contribution >= 0.6 is 0 Å². The Balaban J connectivity index is 2.47. The van der Waals surface area contributed by atoms with Crippen LogP contribution in [0.2, 0.25) is 0 Å². The normalized spacial score (nSPS) is 12.2. The van der Waals surface area contributed by atoms with Crippen molar-refractivity contribution >= 4 is 5.91 Å². The number of rotatable bonds is 8. The summed E-state index contributed by atoms with van der Waals surface area (Å²) in [6.45, 7) is 2.14. The Morgan fingerprint density at radius 2 is 2.15 bits per heavy atom. The quantitative estimate of drug-likeness (QED) is 0.766. The highest BCUT2D eigenvalue weighted by atomic mass is 19.3. The Kier molecular flexibility index (Phi) is 6.93. The minimum absolute atomic E-state index is 0.0572. The predicted molar refractivity (Wildman–Crippen MR) is 72.9 cm³/mol. The third-order valence-electron chi connectivity index (χ3n) is 2.70. The second-order valence-corrected chi connectivity index (χ2v) is 4.53. The lowest BCUT2D eigenvalue weighted by Gasteiger charge is -2.12. The van der Waals surface area contributed by atoms with Gasteiger partial charge in [0.15, 0.2) is 0 Å². The fourth-order valence-electron chi connectivity index (χ4n) is 1.67. The molecule has 6 heteroatoms. The van der Waals surface area contributed by atoms with E-state index in [1.165, 1.54) is 0 Å². The maximum atomic E-state index is 12.0. The summed E-state index contributed by atoms with van der Waals surface area (Å²) < 4.78 is 29.0. The average Bonchev–Trinajstić information content (AvgIpc) is 2.43. The van der Waals surface area contributed by atoms with Gasteiger partial charge in [0.05, 0.1) is 0 Å². The molecule has 1 amide bonds. The zero-order valence-corrected chi connectivity index (χ0v) is 11.7. The molecular formula is C14H20F2N2O2. The van der Waals surface area contributed by atoms with E-state index >= 15 is 0 Å². The van der Waals surface area contributed by atoms with Crippen LogP contribution in [-0.2, 0) is 11.3 Å². The highest BCUT2D eigenvalue weighted by molar-refractivity contribution is 5.78. The van der Waals surface area contributed by atoms with Crippen LogP contribution in [0.1, 0.15) is 12.5 Å². The van der Waals surface area contributed by atoms with E-state index in [2.05, 4.69) is 10.6 Å². The predicted octanol–water partition coefficient (Wildman–Crippen LogP) is 1.80. The van der Waals surface area contributed by atoms with Gasteiger partial charge in [-0.25, -0.2) is 8.78 Å². The molecule has 0 bridgehead atoms. The summed E-state index contributed by atoms with van der Waals surface area (Å²) >= 11 is 0. The van der Waals surface area contributed by atoms with Crippen molar-refractivity contribution in [2.45, 2.75) is 19.9 Å². The molecule has 1 rings (SSSR count). The number of halogens is 2. The fraction of sp³-hybridized carbons (Fsp3) is 0.500. The van der Waals surface area contributed by atoms with Crippen molar-refractivity contribution in [3.8, 4) is 5.75 Å². The highest BCUT2D eigenvalue weighted by Crippen LogP contribution is 2.14. The molecule has 0 saturated carbocycles. The molecule has 1 aromatic carbocycles. The number of carbonyl (C=O) groups is 1. The van der Waals surface area contributed by atoms with Crippen LogP contribution in [0.5, 0.6) is 5.75 Å². The Morgan fingerprint density at radius 3 is 2.80 bits per heavy atom. The first-order valence-electron chi connectivity index (χ1n) is 6.45. The van der Waals surface area contributed by atoms with Crippen LogP contribution in [0.4, 0.5) is 8.78 Å². The van der Waals surface area contributed by atoms with Crippen molar-refractivity contribution in [1.29, 1.82) is 0 Å². The second-order valence-electron chi connectivity index (χ2n) is 4.53. The van der Waals surface area contributed by atoms with Gasteiger partial charge in [0.2, 0.25) is 5.91 Å². The minimum Gasteiger partial charge on any atom is -0.488 e. The van der Waals surface area contributed by atoms with E-state index in [0.29, 0.717) is 18.8 Å². The molecule has 2 N–H and O–H groups in total. The van der Waals surface area contributed by atoms with Crippen LogP contribution in [-0.4, -0.2) is 32.5 Å². The van der Waals surface area contributed by atoms with Gasteiger partial charge in [0, 0.05) is 19.0 Å². The summed E-state index contributed by atoms with van der Waals surface area (Å²) in [7, 11) is 1.79. The molecule has 20 heavy (non-hydrogen) atoms. The molecule has 0 aliphatic carbocycles. The molecule has 0 saturated heterocycles. The lowest BCUT2D eigenvalue weighted by atomic mass is 10.1. The second kappa shape index (κ2) is 8.47. The topological polar surface area (TPSA) is 50.4 Å². The number of ether oxygens (including phenoxy) is 1. The van der Waals surface area contributed by atoms with Gasteiger partial charge in [0.1, 0.15) is 12.4 Å². The summed E-state index contributed by atoms with van der Waals surface area (Å²) in [5.41, 5.74) is 0.807. The lowest BCUT2D eigenvalue weighted by molar-refractivity contribution is -0.124. The largest absolute Gasteiger partial charge is 0.488 e. The van der Waals surface area contributed by atoms with Gasteiger partial charge in [-0.15, -0.1) is 0 Å². The zero-order valence-electron chi connectivity index (χ0n) is 11.7. The Bertz CT molecular complexity index is 427. The Morgan fingerprint density at radius 1 is 1.40 bits per heavy atom. The molecular weight excluding hydrogens is 266 g/mol. The number of hydrogen-bond donors (Lipinski definition) is 2. The van der Waals surface area contributed by atoms with Gasteiger partial charge in [0.25, 0.3) is 6.43 Å². The van der Waals surface area contributed by atoms with Crippen LogP contribution < -0.4 is 15.4 Å². The summed E-state index contributed by atoms with van der Waals surface area (Å²) in [5, 5.41) is 5.72. The molecule has 0 fully saturated rings. The van der Waals surface area contributed by atoms with Crippen molar-refractivity contribution in [1.82, 2.24) is 10.6 Å². The number of amides is 1. The Labute approximate surface area is 117 Å². The maximum Gasteiger partial charge on any atom is 0.272 e. The van der Waals surface area contributed by atoms with E-state index in [0.717, 1.165) is 5.56 Å². The zero-order chi connectivity index (χ0) is 15.0. The van der Waals surface area contributed by atoms with E-state index in [-0.39, 0.29) is 11.8 Å². The first-order valence-corrected chi connectivity index (χ1v) is 6.45. The lowest BCUT2D eigenvalue weighted by Crippen LogP contribution is -2.33. The van der Waals surface area contributed by atoms with Crippen LogP contribution in [0.3, 0.4) is 0 Å². The van der Waals surface area contributed by atoms with Gasteiger partial charge < -0.3 is 15.4 Å². The highest BCUT2D eigenvalue weighted by Gasteiger charge is 2.11. The number of benzene rings is 1. The van der Waals surface area contributed by atoms with E-state index < -0.39 is 13.0 Å². The molecule has 1 atom stereocenters. The molecule has 0 radical (unpaired) electrons. The number of carbonyl (C=O) groups excluding carboxylic acids is 1. The summed E-state index contributed by atoms with van der Waals surface area (Å²) in [5.74, 6) is 0.192. The van der Waals surface area contributed by atoms with Crippen LogP contribution in [0.15, 0.2) is 24.3 Å². The van der Waals surface area contributed by atoms with Crippen molar-refractivity contribution in [2.24, 2.45) is 5.92 Å². The fourth-order valence-corrected chi connectivity index (χ4v) is 1.67. The van der Waals surface area contributed by atoms with Crippen LogP contribution in [0.25, 0.3) is 0 Å². The third kappa shape index (κ3) is 5.97. The standard InChI is InChI=1S/C14H20F2N2O2/c1-10(7-17-2)14(19)18-8-11-4-3-5-12(6-11)20-9-13(15)16/h3-6,10,13,17H,7-9H2,1-2H3,(H,18,19). The average molecular weight is 286 g/mol. The first-order chi connectivity index (χ1) is 9.52. The maximum absolute atomic E-state index is 12.0. The molecule has 0 aliphatic rings. The van der Waals surface area contributed by atoms with Gasteiger partial charge in [-0.2, -0.15) is 0 Å². The minimum atomic E-state index is -2.50. The third-order valence-corrected chi connectivity index (χ3v) is 2.70. The van der Waals surface area contributed by atoms with Crippen molar-refractivity contribution < 1.29 is 18.3 Å². The van der Waals surface area contributed by atoms with Crippen molar-refractivity contribution in [2.75, 3.05) is 20.2 Å². The van der Waals surface area contributed by atoms with E-state index in [1.807, 2.05) is 6.92 Å². The molecule has 0 spiro atoms. The van der Waals surface area contributed by atoms with E-state index in [9.17, 15) is 13.6 Å². The van der Waals surface area contributed by atoms with Crippen LogP contribution in [0, 0.1) is 5.92 Å². The number of hydrogen-bond acceptors (Lipinski definition) is 3. The first kappa shape index (κ1) is 16.4. The van der Waals surface area contributed by atoms with Gasteiger partial charge in [-0.05, 0) is 24.7 Å². The van der Waals surface area contributed by atoms with Gasteiger partial charge in [-0.3, -0.25) is 4.79 Å². The molecule has 1 aromatic rings. The van der Waals surface area contributed by atoms with Crippen molar-refractivity contribution in [3.05, 3.63) is 29.8 Å². The monoisotopic (exact) mass is 286 g/mol. The number of nitrogens with one attached hydrogen (secondary N) is 2. The molecule has 0 aromatic heterocycles. The SMILES string of the molecule is CNCC(C)C(=O)NCc1cccc(OCC(F)F)c1. The summed E-state index contributed by atoms with van der Waals surface area (Å²) in [4.78, 5) is 11.7. The molecule has 112 valence electrons. The molecule has 0 aliphatic heterocycles.